The van der Waals surface area contributed by atoms with Crippen molar-refractivity contribution in [1.82, 2.24) is 15.5 Å². The molecule has 1 heterocycles. The monoisotopic (exact) mass is 539 g/mol. The zero-order valence-electron chi connectivity index (χ0n) is 22.5. The van der Waals surface area contributed by atoms with E-state index in [1.807, 2.05) is 24.3 Å². The summed E-state index contributed by atoms with van der Waals surface area (Å²) in [5.74, 6) is 0.0161. The van der Waals surface area contributed by atoms with Gasteiger partial charge in [0.05, 0.1) is 6.04 Å². The normalized spacial score (nSPS) is 17.8. The lowest BCUT2D eigenvalue weighted by molar-refractivity contribution is -0.121. The Morgan fingerprint density at radius 3 is 2.68 bits per heavy atom. The smallest absolute Gasteiger partial charge is 0.255 e. The molecular weight excluding hydrogens is 501 g/mol. The van der Waals surface area contributed by atoms with Crippen LogP contribution in [0.2, 0.25) is 0 Å². The Balaban J connectivity index is 1.35. The van der Waals surface area contributed by atoms with E-state index in [-0.39, 0.29) is 30.5 Å². The van der Waals surface area contributed by atoms with Gasteiger partial charge < -0.3 is 20.3 Å². The number of rotatable bonds is 11. The van der Waals surface area contributed by atoms with Crippen molar-refractivity contribution in [3.63, 3.8) is 0 Å². The molecule has 8 heteroatoms. The van der Waals surface area contributed by atoms with E-state index in [4.69, 9.17) is 0 Å². The average molecular weight is 540 g/mol. The van der Waals surface area contributed by atoms with Crippen molar-refractivity contribution in [2.45, 2.75) is 88.2 Å². The van der Waals surface area contributed by atoms with Gasteiger partial charge in [-0.3, -0.25) is 9.59 Å². The molecular formula is C30H38FN3O3S. The van der Waals surface area contributed by atoms with Crippen molar-refractivity contribution >= 4 is 29.9 Å². The van der Waals surface area contributed by atoms with Gasteiger partial charge in [-0.15, -0.1) is 11.8 Å². The fraction of sp³-hybridized carbons (Fsp3) is 0.500. The number of halogens is 1. The van der Waals surface area contributed by atoms with Crippen molar-refractivity contribution in [3.8, 4) is 0 Å². The summed E-state index contributed by atoms with van der Waals surface area (Å²) in [6.07, 6.45) is 5.86. The Hall–Kier alpha value is -2.71. The number of carbonyl (C=O) groups is 3. The molecule has 1 aliphatic heterocycles. The van der Waals surface area contributed by atoms with Gasteiger partial charge in [-0.1, -0.05) is 32.0 Å². The SMILES string of the molecule is CNC(=O)CCC(C=O)N1Cc2c(SCc3ccc(CNC4CCC(C)(C)CC4)c(F)c3)cccc2C1=O. The maximum atomic E-state index is 14.9. The van der Waals surface area contributed by atoms with Crippen molar-refractivity contribution in [2.75, 3.05) is 7.05 Å². The fourth-order valence-corrected chi connectivity index (χ4v) is 6.30. The molecule has 38 heavy (non-hydrogen) atoms. The van der Waals surface area contributed by atoms with E-state index in [0.29, 0.717) is 41.4 Å². The highest BCUT2D eigenvalue weighted by Crippen LogP contribution is 2.36. The first kappa shape index (κ1) is 28.3. The minimum absolute atomic E-state index is 0.163. The molecule has 1 saturated carbocycles. The predicted octanol–water partition coefficient (Wildman–Crippen LogP) is 5.23. The van der Waals surface area contributed by atoms with E-state index in [9.17, 15) is 18.8 Å². The second kappa shape index (κ2) is 12.4. The van der Waals surface area contributed by atoms with Crippen LogP contribution in [0.15, 0.2) is 41.3 Å². The molecule has 0 aromatic heterocycles. The topological polar surface area (TPSA) is 78.5 Å². The van der Waals surface area contributed by atoms with Crippen molar-refractivity contribution in [1.29, 1.82) is 0 Å². The van der Waals surface area contributed by atoms with E-state index < -0.39 is 6.04 Å². The molecule has 2 aromatic rings. The molecule has 1 unspecified atom stereocenters. The van der Waals surface area contributed by atoms with Crippen LogP contribution in [0.25, 0.3) is 0 Å². The highest BCUT2D eigenvalue weighted by atomic mass is 32.2. The van der Waals surface area contributed by atoms with Crippen molar-refractivity contribution in [3.05, 3.63) is 64.5 Å². The molecule has 6 nitrogen and oxygen atoms in total. The highest BCUT2D eigenvalue weighted by molar-refractivity contribution is 7.98. The first-order valence-electron chi connectivity index (χ1n) is 13.4. The largest absolute Gasteiger partial charge is 0.359 e. The van der Waals surface area contributed by atoms with Crippen LogP contribution >= 0.6 is 11.8 Å². The molecule has 2 N–H and O–H groups in total. The molecule has 1 atom stereocenters. The number of carbonyl (C=O) groups excluding carboxylic acids is 3. The zero-order valence-corrected chi connectivity index (χ0v) is 23.3. The van der Waals surface area contributed by atoms with Gasteiger partial charge in [-0.2, -0.15) is 0 Å². The molecule has 1 fully saturated rings. The Bertz CT molecular complexity index is 1180. The summed E-state index contributed by atoms with van der Waals surface area (Å²) in [5, 5.41) is 6.08. The summed E-state index contributed by atoms with van der Waals surface area (Å²) in [6, 6.07) is 10.8. The van der Waals surface area contributed by atoms with Crippen molar-refractivity contribution < 1.29 is 18.8 Å². The van der Waals surface area contributed by atoms with Crippen LogP contribution in [-0.2, 0) is 28.4 Å². The van der Waals surface area contributed by atoms with Crippen LogP contribution in [0.1, 0.15) is 79.4 Å². The van der Waals surface area contributed by atoms with Gasteiger partial charge in [-0.05, 0) is 66.8 Å². The highest BCUT2D eigenvalue weighted by Gasteiger charge is 2.34. The van der Waals surface area contributed by atoms with Crippen molar-refractivity contribution in [2.24, 2.45) is 5.41 Å². The fourth-order valence-electron chi connectivity index (χ4n) is 5.27. The van der Waals surface area contributed by atoms with E-state index in [2.05, 4.69) is 24.5 Å². The van der Waals surface area contributed by atoms with Gasteiger partial charge >= 0.3 is 0 Å². The summed E-state index contributed by atoms with van der Waals surface area (Å²) < 4.78 is 14.9. The number of hydrogen-bond acceptors (Lipinski definition) is 5. The number of nitrogens with one attached hydrogen (secondary N) is 2. The number of nitrogens with zero attached hydrogens (tertiary/aromatic N) is 1. The van der Waals surface area contributed by atoms with Crippen LogP contribution in [0, 0.1) is 11.2 Å². The van der Waals surface area contributed by atoms with E-state index >= 15 is 0 Å². The van der Waals surface area contributed by atoms with E-state index in [1.54, 1.807) is 35.8 Å². The number of thioether (sulfide) groups is 1. The second-order valence-electron chi connectivity index (χ2n) is 11.2. The van der Waals surface area contributed by atoms with Gasteiger partial charge in [0, 0.05) is 54.4 Å². The molecule has 0 bridgehead atoms. The Morgan fingerprint density at radius 1 is 1.24 bits per heavy atom. The summed E-state index contributed by atoms with van der Waals surface area (Å²) in [5.41, 5.74) is 3.44. The predicted molar refractivity (Wildman–Crippen MR) is 148 cm³/mol. The third kappa shape index (κ3) is 6.83. The molecule has 2 aliphatic rings. The summed E-state index contributed by atoms with van der Waals surface area (Å²) in [4.78, 5) is 38.9. The molecule has 0 spiro atoms. The maximum absolute atomic E-state index is 14.9. The van der Waals surface area contributed by atoms with Crippen LogP contribution < -0.4 is 10.6 Å². The first-order chi connectivity index (χ1) is 18.2. The van der Waals surface area contributed by atoms with Gasteiger partial charge in [0.15, 0.2) is 0 Å². The number of benzene rings is 2. The molecule has 2 aromatic carbocycles. The van der Waals surface area contributed by atoms with Gasteiger partial charge in [-0.25, -0.2) is 4.39 Å². The van der Waals surface area contributed by atoms with Crippen LogP contribution in [-0.4, -0.2) is 42.1 Å². The standard InChI is InChI=1S/C30H38FN3O3S/c1-30(2)13-11-22(12-14-30)33-16-21-8-7-20(15-26(21)31)19-38-27-6-4-5-24-25(27)17-34(29(24)37)23(18-35)9-10-28(36)32-3/h4-8,15,18,22-23,33H,9-14,16-17,19H2,1-3H3,(H,32,36). The third-order valence-corrected chi connectivity index (χ3v) is 9.06. The van der Waals surface area contributed by atoms with E-state index in [0.717, 1.165) is 35.2 Å². The lowest BCUT2D eigenvalue weighted by atomic mass is 9.75. The summed E-state index contributed by atoms with van der Waals surface area (Å²) in [6.45, 7) is 5.49. The van der Waals surface area contributed by atoms with Crippen LogP contribution in [0.3, 0.4) is 0 Å². The summed E-state index contributed by atoms with van der Waals surface area (Å²) in [7, 11) is 1.55. The molecule has 204 valence electrons. The second-order valence-corrected chi connectivity index (χ2v) is 12.2. The molecule has 0 radical (unpaired) electrons. The first-order valence-corrected chi connectivity index (χ1v) is 14.4. The zero-order chi connectivity index (χ0) is 27.3. The molecule has 1 aliphatic carbocycles. The van der Waals surface area contributed by atoms with Crippen LogP contribution in [0.4, 0.5) is 4.39 Å². The number of aldehydes is 1. The molecule has 4 rings (SSSR count). The number of amides is 2. The molecule has 2 amide bonds. The minimum atomic E-state index is -0.652. The minimum Gasteiger partial charge on any atom is -0.359 e. The van der Waals surface area contributed by atoms with Gasteiger partial charge in [0.1, 0.15) is 12.1 Å². The van der Waals surface area contributed by atoms with E-state index in [1.165, 1.54) is 12.8 Å². The van der Waals surface area contributed by atoms with Crippen LogP contribution in [0.5, 0.6) is 0 Å². The van der Waals surface area contributed by atoms with Gasteiger partial charge in [0.25, 0.3) is 5.91 Å². The summed E-state index contributed by atoms with van der Waals surface area (Å²) >= 11 is 1.56. The van der Waals surface area contributed by atoms with Gasteiger partial charge in [0.2, 0.25) is 5.91 Å². The number of hydrogen-bond donors (Lipinski definition) is 2. The Labute approximate surface area is 229 Å². The third-order valence-electron chi connectivity index (χ3n) is 7.89. The number of fused-ring (bicyclic) bond motifs is 1. The maximum Gasteiger partial charge on any atom is 0.255 e. The Kier molecular flexibility index (Phi) is 9.26. The lowest BCUT2D eigenvalue weighted by Gasteiger charge is -2.34. The average Bonchev–Trinajstić information content (AvgIpc) is 3.24. The lowest BCUT2D eigenvalue weighted by Crippen LogP contribution is -2.37. The Morgan fingerprint density at radius 2 is 2.00 bits per heavy atom. The quantitative estimate of drug-likeness (QED) is 0.302. The molecule has 0 saturated heterocycles.